The minimum absolute atomic E-state index is 0.210. The first-order chi connectivity index (χ1) is 6.25. The zero-order valence-corrected chi connectivity index (χ0v) is 8.39. The Kier molecular flexibility index (Phi) is 3.53. The molecule has 2 N–H and O–H groups in total. The van der Waals surface area contributed by atoms with Gasteiger partial charge in [0.25, 0.3) is 5.56 Å². The smallest absolute Gasteiger partial charge is 0.267 e. The summed E-state index contributed by atoms with van der Waals surface area (Å²) < 4.78 is 0.395. The van der Waals surface area contributed by atoms with Crippen LogP contribution < -0.4 is 10.9 Å². The van der Waals surface area contributed by atoms with E-state index >= 15 is 0 Å². The van der Waals surface area contributed by atoms with Crippen LogP contribution in [0.15, 0.2) is 15.6 Å². The number of aromatic amines is 1. The Bertz CT molecular complexity index is 380. The third-order valence-corrected chi connectivity index (χ3v) is 2.09. The topological polar surface area (TPSA) is 57.8 Å². The van der Waals surface area contributed by atoms with Gasteiger partial charge in [0.05, 0.1) is 6.33 Å². The van der Waals surface area contributed by atoms with Crippen LogP contribution in [0.3, 0.4) is 0 Å². The van der Waals surface area contributed by atoms with E-state index in [9.17, 15) is 4.79 Å². The van der Waals surface area contributed by atoms with Crippen LogP contribution in [0, 0.1) is 12.3 Å². The molecule has 4 nitrogen and oxygen atoms in total. The van der Waals surface area contributed by atoms with Crippen molar-refractivity contribution in [3.05, 3.63) is 21.2 Å². The summed E-state index contributed by atoms with van der Waals surface area (Å²) in [5.41, 5.74) is -0.210. The molecular weight excluding hydrogens is 234 g/mol. The number of nitrogens with one attached hydrogen (secondary N) is 2. The van der Waals surface area contributed by atoms with Crippen molar-refractivity contribution in [1.82, 2.24) is 9.97 Å². The molecule has 1 heterocycles. The van der Waals surface area contributed by atoms with Crippen molar-refractivity contribution >= 4 is 21.7 Å². The maximum atomic E-state index is 11.0. The van der Waals surface area contributed by atoms with Crippen molar-refractivity contribution < 1.29 is 0 Å². The highest BCUT2D eigenvalue weighted by molar-refractivity contribution is 9.10. The van der Waals surface area contributed by atoms with Crippen molar-refractivity contribution in [2.45, 2.75) is 6.42 Å². The molecular formula is C8H8BrN3O. The lowest BCUT2D eigenvalue weighted by molar-refractivity contribution is 1.03. The molecule has 0 saturated carbocycles. The molecule has 1 rings (SSSR count). The van der Waals surface area contributed by atoms with E-state index in [0.29, 0.717) is 23.3 Å². The third kappa shape index (κ3) is 2.60. The van der Waals surface area contributed by atoms with Gasteiger partial charge in [-0.3, -0.25) is 4.79 Å². The van der Waals surface area contributed by atoms with E-state index in [1.807, 2.05) is 0 Å². The van der Waals surface area contributed by atoms with Crippen LogP contribution in [-0.4, -0.2) is 16.5 Å². The second kappa shape index (κ2) is 4.67. The molecule has 0 unspecified atom stereocenters. The van der Waals surface area contributed by atoms with E-state index in [1.54, 1.807) is 0 Å². The third-order valence-electron chi connectivity index (χ3n) is 1.36. The predicted molar refractivity (Wildman–Crippen MR) is 54.5 cm³/mol. The molecule has 0 aliphatic carbocycles. The van der Waals surface area contributed by atoms with Crippen molar-refractivity contribution in [2.24, 2.45) is 0 Å². The zero-order valence-electron chi connectivity index (χ0n) is 6.80. The maximum Gasteiger partial charge on any atom is 0.267 e. The molecule has 0 bridgehead atoms. The fourth-order valence-electron chi connectivity index (χ4n) is 0.759. The van der Waals surface area contributed by atoms with Crippen LogP contribution in [-0.2, 0) is 0 Å². The van der Waals surface area contributed by atoms with Gasteiger partial charge < -0.3 is 10.3 Å². The molecule has 0 aliphatic rings. The Morgan fingerprint density at radius 1 is 1.77 bits per heavy atom. The Morgan fingerprint density at radius 2 is 2.54 bits per heavy atom. The van der Waals surface area contributed by atoms with Crippen LogP contribution in [0.25, 0.3) is 0 Å². The first kappa shape index (κ1) is 9.81. The number of halogens is 1. The minimum atomic E-state index is -0.210. The van der Waals surface area contributed by atoms with E-state index in [2.05, 4.69) is 37.1 Å². The van der Waals surface area contributed by atoms with Gasteiger partial charge in [-0.1, -0.05) is 0 Å². The highest BCUT2D eigenvalue weighted by Crippen LogP contribution is 2.12. The van der Waals surface area contributed by atoms with Crippen molar-refractivity contribution in [1.29, 1.82) is 0 Å². The molecule has 0 atom stereocenters. The summed E-state index contributed by atoms with van der Waals surface area (Å²) in [6, 6.07) is 0. The molecule has 0 radical (unpaired) electrons. The maximum absolute atomic E-state index is 11.0. The summed E-state index contributed by atoms with van der Waals surface area (Å²) in [4.78, 5) is 17.4. The summed E-state index contributed by atoms with van der Waals surface area (Å²) in [5, 5.41) is 2.93. The van der Waals surface area contributed by atoms with Crippen molar-refractivity contribution in [3.8, 4) is 12.3 Å². The van der Waals surface area contributed by atoms with E-state index < -0.39 is 0 Å². The van der Waals surface area contributed by atoms with E-state index in [-0.39, 0.29) is 5.56 Å². The molecule has 0 fully saturated rings. The van der Waals surface area contributed by atoms with Crippen LogP contribution in [0.5, 0.6) is 0 Å². The SMILES string of the molecule is C#CCCNc1nc[nH]c(=O)c1Br. The first-order valence-electron chi connectivity index (χ1n) is 3.66. The monoisotopic (exact) mass is 241 g/mol. The van der Waals surface area contributed by atoms with Crippen LogP contribution >= 0.6 is 15.9 Å². The van der Waals surface area contributed by atoms with Gasteiger partial charge in [0, 0.05) is 13.0 Å². The number of anilines is 1. The number of nitrogens with zero attached hydrogens (tertiary/aromatic N) is 1. The average Bonchev–Trinajstić information content (AvgIpc) is 2.13. The molecule has 0 aliphatic heterocycles. The van der Waals surface area contributed by atoms with E-state index in [0.717, 1.165) is 0 Å². The fraction of sp³-hybridized carbons (Fsp3) is 0.250. The van der Waals surface area contributed by atoms with Crippen LogP contribution in [0.4, 0.5) is 5.82 Å². The second-order valence-corrected chi connectivity index (χ2v) is 3.07. The lowest BCUT2D eigenvalue weighted by Gasteiger charge is -2.03. The number of rotatable bonds is 3. The standard InChI is InChI=1S/C8H8BrN3O/c1-2-3-4-10-7-6(9)8(13)12-5-11-7/h1,5H,3-4H2,(H2,10,11,12,13). The largest absolute Gasteiger partial charge is 0.368 e. The summed E-state index contributed by atoms with van der Waals surface area (Å²) in [6.45, 7) is 0.603. The first-order valence-corrected chi connectivity index (χ1v) is 4.45. The van der Waals surface area contributed by atoms with E-state index in [4.69, 9.17) is 6.42 Å². The Labute approximate surface area is 83.9 Å². The molecule has 0 amide bonds. The number of hydrogen-bond donors (Lipinski definition) is 2. The van der Waals surface area contributed by atoms with Gasteiger partial charge in [-0.15, -0.1) is 12.3 Å². The summed E-state index contributed by atoms with van der Waals surface area (Å²) >= 11 is 3.11. The summed E-state index contributed by atoms with van der Waals surface area (Å²) in [7, 11) is 0. The summed E-state index contributed by atoms with van der Waals surface area (Å²) in [5.74, 6) is 2.99. The van der Waals surface area contributed by atoms with Crippen LogP contribution in [0.1, 0.15) is 6.42 Å². The highest BCUT2D eigenvalue weighted by atomic mass is 79.9. The zero-order chi connectivity index (χ0) is 9.68. The lowest BCUT2D eigenvalue weighted by atomic mass is 10.4. The van der Waals surface area contributed by atoms with Gasteiger partial charge in [-0.25, -0.2) is 4.98 Å². The van der Waals surface area contributed by atoms with Gasteiger partial charge in [0.2, 0.25) is 0 Å². The molecule has 13 heavy (non-hydrogen) atoms. The number of H-pyrrole nitrogens is 1. The number of aromatic nitrogens is 2. The predicted octanol–water partition coefficient (Wildman–Crippen LogP) is 0.968. The van der Waals surface area contributed by atoms with Crippen LogP contribution in [0.2, 0.25) is 0 Å². The summed E-state index contributed by atoms with van der Waals surface area (Å²) in [6.07, 6.45) is 7.01. The second-order valence-electron chi connectivity index (χ2n) is 2.28. The Balaban J connectivity index is 2.73. The highest BCUT2D eigenvalue weighted by Gasteiger charge is 2.02. The number of hydrogen-bond acceptors (Lipinski definition) is 3. The van der Waals surface area contributed by atoms with Crippen molar-refractivity contribution in [2.75, 3.05) is 11.9 Å². The molecule has 1 aromatic heterocycles. The molecule has 0 aromatic carbocycles. The Morgan fingerprint density at radius 3 is 3.23 bits per heavy atom. The van der Waals surface area contributed by atoms with E-state index in [1.165, 1.54) is 6.33 Å². The fourth-order valence-corrected chi connectivity index (χ4v) is 1.12. The molecule has 68 valence electrons. The van der Waals surface area contributed by atoms with Gasteiger partial charge >= 0.3 is 0 Å². The molecule has 5 heteroatoms. The quantitative estimate of drug-likeness (QED) is 0.613. The normalized spacial score (nSPS) is 9.23. The lowest BCUT2D eigenvalue weighted by Crippen LogP contribution is -2.12. The van der Waals surface area contributed by atoms with Gasteiger partial charge in [-0.05, 0) is 15.9 Å². The Hall–Kier alpha value is -1.28. The number of terminal acetylenes is 1. The van der Waals surface area contributed by atoms with Gasteiger partial charge in [-0.2, -0.15) is 0 Å². The molecule has 0 saturated heterocycles. The molecule has 1 aromatic rings. The van der Waals surface area contributed by atoms with Gasteiger partial charge in [0.15, 0.2) is 0 Å². The minimum Gasteiger partial charge on any atom is -0.368 e. The van der Waals surface area contributed by atoms with Gasteiger partial charge in [0.1, 0.15) is 10.3 Å². The van der Waals surface area contributed by atoms with Crippen molar-refractivity contribution in [3.63, 3.8) is 0 Å². The molecule has 0 spiro atoms. The average molecular weight is 242 g/mol.